The summed E-state index contributed by atoms with van der Waals surface area (Å²) in [6, 6.07) is 49.2. The van der Waals surface area contributed by atoms with Gasteiger partial charge in [-0.2, -0.15) is 0 Å². The number of rotatable bonds is 45. The normalized spacial score (nSPS) is 11.0. The zero-order chi connectivity index (χ0) is 96.1. The smallest absolute Gasteiger partial charge is 0.338 e. The molecule has 0 saturated heterocycles. The number of aromatic nitrogens is 6. The quantitative estimate of drug-likeness (QED) is 0.00450. The highest BCUT2D eigenvalue weighted by molar-refractivity contribution is 7.85. The Balaban J connectivity index is 0.000000555. The molecule has 28 heteroatoms. The molecule has 129 heavy (non-hydrogen) atoms. The number of ketones is 1. The second-order valence-electron chi connectivity index (χ2n) is 36.0. The van der Waals surface area contributed by atoms with Gasteiger partial charge in [0.2, 0.25) is 4.91 Å². The van der Waals surface area contributed by atoms with E-state index in [2.05, 4.69) is 195 Å². The first-order chi connectivity index (χ1) is 61.4. The van der Waals surface area contributed by atoms with Crippen LogP contribution in [0.1, 0.15) is 237 Å². The van der Waals surface area contributed by atoms with E-state index in [4.69, 9.17) is 36.4 Å². The van der Waals surface area contributed by atoms with Crippen molar-refractivity contribution in [1.29, 1.82) is 5.53 Å². The number of amides is 3. The summed E-state index contributed by atoms with van der Waals surface area (Å²) in [5.74, 6) is 5.85. The largest absolute Gasteiger partial charge is 0.465 e. The third kappa shape index (κ3) is 50.6. The number of Topliss-reactive ketones (excluding diaryl/α,β-unsaturated/α-hetero) is 1. The van der Waals surface area contributed by atoms with E-state index in [0.717, 1.165) is 85.3 Å². The summed E-state index contributed by atoms with van der Waals surface area (Å²) < 4.78 is 40.4. The molecule has 26 nitrogen and oxygen atoms in total. The van der Waals surface area contributed by atoms with E-state index in [0.29, 0.717) is 177 Å². The van der Waals surface area contributed by atoms with E-state index in [9.17, 15) is 24.0 Å². The molecule has 5 N–H and O–H groups in total. The van der Waals surface area contributed by atoms with Crippen molar-refractivity contribution < 1.29 is 47.5 Å². The number of unbranched alkanes of at least 4 members (excludes halogenated alkanes) is 1. The Bertz CT molecular complexity index is 4520. The number of carbonyl (C=O) groups is 5. The van der Waals surface area contributed by atoms with Gasteiger partial charge in [-0.3, -0.25) is 23.9 Å². The number of aryl methyl sites for hydroxylation is 1. The predicted molar refractivity (Wildman–Crippen MR) is 528 cm³/mol. The third-order valence-corrected chi connectivity index (χ3v) is 24.1. The number of methoxy groups -OCH3 is 1. The maximum absolute atomic E-state index is 15.1. The topological polar surface area (TPSA) is 348 Å². The average molecular weight is 1810 g/mol. The number of terminal acetylenes is 1. The maximum Gasteiger partial charge on any atom is 0.338 e. The van der Waals surface area contributed by atoms with Gasteiger partial charge in [0.05, 0.1) is 75.8 Å². The molecule has 0 saturated carbocycles. The Kier molecular flexibility index (Phi) is 59.0. The molecule has 6 aromatic carbocycles. The van der Waals surface area contributed by atoms with Gasteiger partial charge in [-0.05, 0) is 146 Å². The summed E-state index contributed by atoms with van der Waals surface area (Å²) in [6.07, 6.45) is 16.1. The van der Waals surface area contributed by atoms with Crippen LogP contribution in [-0.4, -0.2) is 152 Å². The molecule has 3 amide bonds. The fourth-order valence-electron chi connectivity index (χ4n) is 11.7. The van der Waals surface area contributed by atoms with E-state index >= 15 is 4.57 Å². The first-order valence-electron chi connectivity index (χ1n) is 45.5. The molecular formula is C101H153N16O10P2+. The van der Waals surface area contributed by atoms with Crippen LogP contribution in [0, 0.1) is 70.6 Å². The van der Waals surface area contributed by atoms with Crippen LogP contribution >= 0.6 is 15.1 Å². The second-order valence-corrected chi connectivity index (χ2v) is 40.9. The van der Waals surface area contributed by atoms with Crippen LogP contribution in [0.15, 0.2) is 180 Å². The van der Waals surface area contributed by atoms with Crippen molar-refractivity contribution in [1.82, 2.24) is 56.2 Å². The average Bonchev–Trinajstić information content (AvgIpc) is 0.861. The maximum atomic E-state index is 15.1. The zero-order valence-electron chi connectivity index (χ0n) is 81.4. The Morgan fingerprint density at radius 2 is 1.09 bits per heavy atom. The van der Waals surface area contributed by atoms with Crippen LogP contribution in [0.3, 0.4) is 0 Å². The summed E-state index contributed by atoms with van der Waals surface area (Å²) in [5, 5.41) is 40.1. The molecule has 0 spiro atoms. The van der Waals surface area contributed by atoms with Gasteiger partial charge in [0.25, 0.3) is 17.7 Å². The summed E-state index contributed by atoms with van der Waals surface area (Å²) in [5.41, 5.74) is 17.8. The molecule has 0 aliphatic heterocycles. The number of ether oxygens (including phenoxy) is 4. The van der Waals surface area contributed by atoms with Gasteiger partial charge in [-0.1, -0.05) is 282 Å². The number of nitrogens with zero attached hydrogens (tertiary/aromatic N) is 11. The van der Waals surface area contributed by atoms with E-state index in [1.54, 1.807) is 35.0 Å². The molecule has 0 bridgehead atoms. The van der Waals surface area contributed by atoms with E-state index in [1.165, 1.54) is 7.11 Å². The lowest BCUT2D eigenvalue weighted by atomic mass is 9.97. The first kappa shape index (κ1) is 115. The number of esters is 1. The van der Waals surface area contributed by atoms with Crippen LogP contribution in [0.5, 0.6) is 0 Å². The summed E-state index contributed by atoms with van der Waals surface area (Å²) >= 11 is 0. The summed E-state index contributed by atoms with van der Waals surface area (Å²) in [7, 11) is -3.15. The first-order valence-corrected chi connectivity index (χ1v) is 48.5. The highest BCUT2D eigenvalue weighted by atomic mass is 31.2. The molecule has 0 fully saturated rings. The van der Waals surface area contributed by atoms with Gasteiger partial charge >= 0.3 is 5.97 Å². The number of benzene rings is 6. The SMILES string of the molecule is C#CCC(C)C.CC(C)CCN=[N+]=[N-].CC(C)CCNC(=O)c1ccc(C(=O)NCC(C)(C)C)cc1P(=O)(c1ccccc1)c1ccccc1.CC(C)CN=[N+]=N.CC(C)Cc1cn(CC(C)C)nn1.CC(C)NCCOCCOCCOCCn1cc(CCCCC(=O)C(C)C)nn1.COC(=O)c1ccc(C(=O)NCC(C)C)cc1P(c1ccccc1)c1ccccc1. The lowest BCUT2D eigenvalue weighted by Crippen LogP contribution is -2.36. The van der Waals surface area contributed by atoms with Crippen molar-refractivity contribution in [2.45, 2.75) is 216 Å². The van der Waals surface area contributed by atoms with Gasteiger partial charge in [0, 0.05) is 114 Å². The highest BCUT2D eigenvalue weighted by Crippen LogP contribution is 2.44. The van der Waals surface area contributed by atoms with Crippen molar-refractivity contribution in [3.63, 3.8) is 0 Å². The van der Waals surface area contributed by atoms with E-state index in [1.807, 2.05) is 162 Å². The lowest BCUT2D eigenvalue weighted by Gasteiger charge is -2.24. The van der Waals surface area contributed by atoms with Crippen LogP contribution in [-0.2, 0) is 54.2 Å². The highest BCUT2D eigenvalue weighted by Gasteiger charge is 2.35. The van der Waals surface area contributed by atoms with Crippen molar-refractivity contribution in [3.05, 3.63) is 214 Å². The molecule has 8 aromatic rings. The Morgan fingerprint density at radius 1 is 0.566 bits per heavy atom. The van der Waals surface area contributed by atoms with Gasteiger partial charge < -0.3 is 44.8 Å². The Morgan fingerprint density at radius 3 is 1.56 bits per heavy atom. The molecule has 0 radical (unpaired) electrons. The molecular weight excluding hydrogens is 1660 g/mol. The number of nitrogens with one attached hydrogen (secondary N) is 5. The fraction of sp³-hybridized carbons (Fsp3) is 0.535. The molecule has 0 unspecified atom stereocenters. The minimum atomic E-state index is -3.48. The van der Waals surface area contributed by atoms with Gasteiger partial charge in [-0.25, -0.2) is 9.48 Å². The van der Waals surface area contributed by atoms with E-state index < -0.39 is 21.0 Å². The van der Waals surface area contributed by atoms with Gasteiger partial charge in [0.1, 0.15) is 23.0 Å². The lowest BCUT2D eigenvalue weighted by molar-refractivity contribution is -0.122. The number of azide groups is 1. The minimum Gasteiger partial charge on any atom is -0.465 e. The Hall–Kier alpha value is -10.2. The van der Waals surface area contributed by atoms with Gasteiger partial charge in [-0.15, -0.1) is 22.5 Å². The molecule has 0 aliphatic rings. The Labute approximate surface area is 772 Å². The number of hydrogen-bond donors (Lipinski definition) is 5. The van der Waals surface area contributed by atoms with Crippen molar-refractivity contribution in [2.24, 2.45) is 63.0 Å². The third-order valence-electron chi connectivity index (χ3n) is 18.5. The van der Waals surface area contributed by atoms with Crippen molar-refractivity contribution in [3.8, 4) is 12.3 Å². The van der Waals surface area contributed by atoms with Crippen LogP contribution < -0.4 is 58.0 Å². The molecule has 2 aromatic heterocycles. The fourth-order valence-corrected chi connectivity index (χ4v) is 17.0. The van der Waals surface area contributed by atoms with Crippen LogP contribution in [0.25, 0.3) is 10.4 Å². The summed E-state index contributed by atoms with van der Waals surface area (Å²) in [6.45, 7) is 52.8. The van der Waals surface area contributed by atoms with Crippen molar-refractivity contribution >= 4 is 76.4 Å². The molecule has 706 valence electrons. The van der Waals surface area contributed by atoms with Crippen LogP contribution in [0.2, 0.25) is 0 Å². The second kappa shape index (κ2) is 66.2. The number of carbonyl (C=O) groups excluding carboxylic acids is 5. The van der Waals surface area contributed by atoms with Crippen molar-refractivity contribution in [2.75, 3.05) is 86.0 Å². The molecule has 2 heterocycles. The number of hydrogen-bond acceptors (Lipinski definition) is 18. The van der Waals surface area contributed by atoms with Gasteiger partial charge in [0.15, 0.2) is 7.14 Å². The predicted octanol–water partition coefficient (Wildman–Crippen LogP) is 18.1. The monoisotopic (exact) mass is 1810 g/mol. The minimum absolute atomic E-state index is 0.0852. The van der Waals surface area contributed by atoms with E-state index in [-0.39, 0.29) is 29.1 Å². The molecule has 0 aliphatic carbocycles. The molecule has 8 rings (SSSR count). The standard InChI is InChI=1S/C30H37N2O3P.C25H26NO3P.C21H40N4O4.C10H19N3.C6H10.C5H11N3.C4H10N3/c1-22(2)18-19-31-29(34)26-17-16-23(28(33)32-21-30(3,4)5)20-27(26)36(35,24-12-8-6-9-13-24)25-14-10-7-11-15-25;1-18(2)17-26-24(27)19-14-15-22(25(28)29-3)23(16-19)30(20-10-6-4-7-11-20)21-12-8-5-9-13-21;1-18(2)21(26)8-6-5-7-20-17-25(24-23-20)10-12-28-14-16-29-15-13-27-11-9-22-19(3)4;1-8(2)5-10-7-13(12-11-10)6-9(3)4;1-4-5-6(2)3;1-5(2)3-4-7-8-6;1-4(2)3-6-7-5/h6-17,20,22H,18-19,21H2,1-5H3,(H,31,34)(H,32,33);4-16,18H,17H2,1-3H3,(H,26,27);17-19,22H,5-16H2,1-4H3;7-9H,5-6H2,1-4H3;1,6H,5H2,2-3H3;5H,3-4H2,1-2H3;4-5H,3H2,1-2H3/q;;;;;;+1. The van der Waals surface area contributed by atoms with Crippen LogP contribution in [0.4, 0.5) is 0 Å². The molecule has 0 atom stereocenters. The zero-order valence-corrected chi connectivity index (χ0v) is 83.2. The summed E-state index contributed by atoms with van der Waals surface area (Å²) in [4.78, 5) is 68.8.